The van der Waals surface area contributed by atoms with Gasteiger partial charge in [0.25, 0.3) is 0 Å². The molecular weight excluding hydrogens is 174 g/mol. The van der Waals surface area contributed by atoms with E-state index in [1.54, 1.807) is 0 Å². The van der Waals surface area contributed by atoms with Gasteiger partial charge < -0.3 is 10.4 Å². The Morgan fingerprint density at radius 3 is 2.07 bits per heavy atom. The van der Waals surface area contributed by atoms with Crippen molar-refractivity contribution in [2.45, 2.75) is 64.8 Å². The Bertz CT molecular complexity index is 121. The van der Waals surface area contributed by atoms with Crippen LogP contribution in [0.2, 0.25) is 0 Å². The zero-order chi connectivity index (χ0) is 10.9. The van der Waals surface area contributed by atoms with Gasteiger partial charge in [0, 0.05) is 12.1 Å². The lowest BCUT2D eigenvalue weighted by atomic mass is 9.95. The first kappa shape index (κ1) is 13.9. The van der Waals surface area contributed by atoms with Crippen LogP contribution in [0.3, 0.4) is 0 Å². The van der Waals surface area contributed by atoms with Crippen molar-refractivity contribution in [3.05, 3.63) is 0 Å². The average molecular weight is 201 g/mol. The summed E-state index contributed by atoms with van der Waals surface area (Å²) in [4.78, 5) is 0. The fourth-order valence-corrected chi connectivity index (χ4v) is 1.48. The molecule has 0 amide bonds. The number of hydrogen-bond acceptors (Lipinski definition) is 2. The van der Waals surface area contributed by atoms with E-state index in [1.165, 1.54) is 25.7 Å². The van der Waals surface area contributed by atoms with Crippen LogP contribution in [0.25, 0.3) is 0 Å². The molecule has 2 nitrogen and oxygen atoms in total. The number of hydrogen-bond donors (Lipinski definition) is 2. The predicted molar refractivity (Wildman–Crippen MR) is 62.5 cm³/mol. The summed E-state index contributed by atoms with van der Waals surface area (Å²) in [5, 5.41) is 12.2. The summed E-state index contributed by atoms with van der Waals surface area (Å²) in [7, 11) is 0. The van der Waals surface area contributed by atoms with Crippen molar-refractivity contribution in [3.63, 3.8) is 0 Å². The lowest BCUT2D eigenvalue weighted by molar-refractivity contribution is 0.280. The number of nitrogens with one attached hydrogen (secondary N) is 1. The number of rotatable bonds is 9. The topological polar surface area (TPSA) is 32.3 Å². The average Bonchev–Trinajstić information content (AvgIpc) is 2.23. The molecule has 0 aliphatic carbocycles. The van der Waals surface area contributed by atoms with Crippen molar-refractivity contribution < 1.29 is 5.11 Å². The van der Waals surface area contributed by atoms with Crippen LogP contribution < -0.4 is 5.32 Å². The molecule has 0 rings (SSSR count). The lowest BCUT2D eigenvalue weighted by Gasteiger charge is -2.28. The molecule has 0 saturated carbocycles. The summed E-state index contributed by atoms with van der Waals surface area (Å²) >= 11 is 0. The SMILES string of the molecule is CCC(C)(CC)NCCCCCCO. The predicted octanol–water partition coefficient (Wildman–Crippen LogP) is 2.71. The standard InChI is InChI=1S/C12H27NO/c1-4-12(3,5-2)13-10-8-6-7-9-11-14/h13-14H,4-11H2,1-3H3. The van der Waals surface area contributed by atoms with E-state index in [0.717, 1.165) is 19.4 Å². The fraction of sp³-hybridized carbons (Fsp3) is 1.00. The Hall–Kier alpha value is -0.0800. The molecule has 0 atom stereocenters. The van der Waals surface area contributed by atoms with Gasteiger partial charge in [-0.1, -0.05) is 26.7 Å². The molecule has 2 heteroatoms. The molecule has 0 heterocycles. The molecule has 86 valence electrons. The van der Waals surface area contributed by atoms with Crippen molar-refractivity contribution in [1.29, 1.82) is 0 Å². The maximum Gasteiger partial charge on any atom is 0.0431 e. The summed E-state index contributed by atoms with van der Waals surface area (Å²) in [6.07, 6.45) is 6.97. The molecule has 0 radical (unpaired) electrons. The number of aliphatic hydroxyl groups is 1. The lowest BCUT2D eigenvalue weighted by Crippen LogP contribution is -2.41. The monoisotopic (exact) mass is 201 g/mol. The first-order valence-corrected chi connectivity index (χ1v) is 6.04. The minimum atomic E-state index is 0.330. The Morgan fingerprint density at radius 2 is 1.57 bits per heavy atom. The Morgan fingerprint density at radius 1 is 1.00 bits per heavy atom. The highest BCUT2D eigenvalue weighted by atomic mass is 16.2. The first-order chi connectivity index (χ1) is 6.68. The van der Waals surface area contributed by atoms with E-state index in [2.05, 4.69) is 26.1 Å². The maximum atomic E-state index is 8.61. The molecule has 2 N–H and O–H groups in total. The molecule has 0 aliphatic rings. The van der Waals surface area contributed by atoms with E-state index in [-0.39, 0.29) is 0 Å². The van der Waals surface area contributed by atoms with Gasteiger partial charge in [-0.2, -0.15) is 0 Å². The Labute approximate surface area is 89.1 Å². The zero-order valence-electron chi connectivity index (χ0n) is 10.1. The molecule has 0 aromatic carbocycles. The third kappa shape index (κ3) is 6.39. The van der Waals surface area contributed by atoms with Gasteiger partial charge in [-0.05, 0) is 39.2 Å². The first-order valence-electron chi connectivity index (χ1n) is 6.04. The van der Waals surface area contributed by atoms with Crippen molar-refractivity contribution in [2.75, 3.05) is 13.2 Å². The molecule has 0 unspecified atom stereocenters. The van der Waals surface area contributed by atoms with Crippen LogP contribution in [0.1, 0.15) is 59.3 Å². The van der Waals surface area contributed by atoms with Crippen molar-refractivity contribution in [3.8, 4) is 0 Å². The molecule has 0 aromatic heterocycles. The van der Waals surface area contributed by atoms with Crippen molar-refractivity contribution in [2.24, 2.45) is 0 Å². The van der Waals surface area contributed by atoms with E-state index in [9.17, 15) is 0 Å². The van der Waals surface area contributed by atoms with E-state index in [1.807, 2.05) is 0 Å². The van der Waals surface area contributed by atoms with Gasteiger partial charge in [0.2, 0.25) is 0 Å². The molecule has 0 bridgehead atoms. The molecule has 0 fully saturated rings. The highest BCUT2D eigenvalue weighted by Gasteiger charge is 2.17. The molecule has 14 heavy (non-hydrogen) atoms. The summed E-state index contributed by atoms with van der Waals surface area (Å²) in [6.45, 7) is 8.23. The zero-order valence-corrected chi connectivity index (χ0v) is 10.1. The Kier molecular flexibility index (Phi) is 8.20. The minimum Gasteiger partial charge on any atom is -0.396 e. The van der Waals surface area contributed by atoms with Gasteiger partial charge in [0.1, 0.15) is 0 Å². The van der Waals surface area contributed by atoms with E-state index < -0.39 is 0 Å². The van der Waals surface area contributed by atoms with Gasteiger partial charge in [-0.15, -0.1) is 0 Å². The van der Waals surface area contributed by atoms with E-state index in [0.29, 0.717) is 12.1 Å². The summed E-state index contributed by atoms with van der Waals surface area (Å²) in [5.74, 6) is 0. The molecule has 0 saturated heterocycles. The van der Waals surface area contributed by atoms with Crippen LogP contribution in [0.5, 0.6) is 0 Å². The van der Waals surface area contributed by atoms with Crippen LogP contribution in [0, 0.1) is 0 Å². The van der Waals surface area contributed by atoms with Crippen LogP contribution in [-0.2, 0) is 0 Å². The maximum absolute atomic E-state index is 8.61. The molecule has 0 spiro atoms. The summed E-state index contributed by atoms with van der Waals surface area (Å²) in [6, 6.07) is 0. The third-order valence-corrected chi connectivity index (χ3v) is 3.20. The highest BCUT2D eigenvalue weighted by Crippen LogP contribution is 2.13. The van der Waals surface area contributed by atoms with Crippen molar-refractivity contribution >= 4 is 0 Å². The quantitative estimate of drug-likeness (QED) is 0.562. The van der Waals surface area contributed by atoms with Gasteiger partial charge >= 0.3 is 0 Å². The molecular formula is C12H27NO. The summed E-state index contributed by atoms with van der Waals surface area (Å²) < 4.78 is 0. The second kappa shape index (κ2) is 8.25. The smallest absolute Gasteiger partial charge is 0.0431 e. The number of unbranched alkanes of at least 4 members (excludes halogenated alkanes) is 3. The fourth-order valence-electron chi connectivity index (χ4n) is 1.48. The second-order valence-corrected chi connectivity index (χ2v) is 4.33. The molecule has 0 aromatic rings. The van der Waals surface area contributed by atoms with Gasteiger partial charge in [0.05, 0.1) is 0 Å². The second-order valence-electron chi connectivity index (χ2n) is 4.33. The van der Waals surface area contributed by atoms with Crippen molar-refractivity contribution in [1.82, 2.24) is 5.32 Å². The third-order valence-electron chi connectivity index (χ3n) is 3.20. The van der Waals surface area contributed by atoms with Crippen LogP contribution >= 0.6 is 0 Å². The minimum absolute atomic E-state index is 0.330. The molecule has 0 aliphatic heterocycles. The van der Waals surface area contributed by atoms with Crippen LogP contribution in [-0.4, -0.2) is 23.8 Å². The normalized spacial score (nSPS) is 12.0. The van der Waals surface area contributed by atoms with Gasteiger partial charge in [-0.25, -0.2) is 0 Å². The van der Waals surface area contributed by atoms with Crippen LogP contribution in [0.4, 0.5) is 0 Å². The summed E-state index contributed by atoms with van der Waals surface area (Å²) in [5.41, 5.74) is 0.330. The van der Waals surface area contributed by atoms with Gasteiger partial charge in [0.15, 0.2) is 0 Å². The van der Waals surface area contributed by atoms with Gasteiger partial charge in [-0.3, -0.25) is 0 Å². The highest BCUT2D eigenvalue weighted by molar-refractivity contribution is 4.79. The largest absolute Gasteiger partial charge is 0.396 e. The number of aliphatic hydroxyl groups excluding tert-OH is 1. The van der Waals surface area contributed by atoms with E-state index >= 15 is 0 Å². The van der Waals surface area contributed by atoms with Crippen LogP contribution in [0.15, 0.2) is 0 Å². The Balaban J connectivity index is 3.34. The van der Waals surface area contributed by atoms with E-state index in [4.69, 9.17) is 5.11 Å².